The molecule has 1 saturated carbocycles. The standard InChI is InChI=1S/C19H28N4O2/c1-5-14(3)23-17-16(11-20-23)15(10-13(2)21-17)18(24)22(4)12-19(25)8-6-7-9-19/h10-11,14,25H,5-9,12H2,1-4H3. The van der Waals surface area contributed by atoms with E-state index in [-0.39, 0.29) is 11.9 Å². The molecule has 25 heavy (non-hydrogen) atoms. The average Bonchev–Trinajstić information content (AvgIpc) is 3.19. The number of aliphatic hydroxyl groups is 1. The Morgan fingerprint density at radius 1 is 1.44 bits per heavy atom. The van der Waals surface area contributed by atoms with Gasteiger partial charge in [0.1, 0.15) is 0 Å². The van der Waals surface area contributed by atoms with E-state index in [4.69, 9.17) is 0 Å². The minimum atomic E-state index is -0.744. The summed E-state index contributed by atoms with van der Waals surface area (Å²) >= 11 is 0. The summed E-state index contributed by atoms with van der Waals surface area (Å²) in [6.45, 7) is 6.47. The molecular weight excluding hydrogens is 316 g/mol. The van der Waals surface area contributed by atoms with Gasteiger partial charge in [0.15, 0.2) is 5.65 Å². The second-order valence-corrected chi connectivity index (χ2v) is 7.49. The molecule has 1 atom stereocenters. The molecule has 2 heterocycles. The van der Waals surface area contributed by atoms with E-state index < -0.39 is 5.60 Å². The molecule has 3 rings (SSSR count). The van der Waals surface area contributed by atoms with Gasteiger partial charge in [-0.15, -0.1) is 0 Å². The van der Waals surface area contributed by atoms with Crippen LogP contribution in [0.15, 0.2) is 12.3 Å². The second-order valence-electron chi connectivity index (χ2n) is 7.49. The lowest BCUT2D eigenvalue weighted by atomic mass is 10.0. The minimum Gasteiger partial charge on any atom is -0.388 e. The summed E-state index contributed by atoms with van der Waals surface area (Å²) in [7, 11) is 1.76. The topological polar surface area (TPSA) is 71.2 Å². The van der Waals surface area contributed by atoms with Crippen LogP contribution < -0.4 is 0 Å². The Kier molecular flexibility index (Phi) is 4.82. The molecule has 1 unspecified atom stereocenters. The maximum absolute atomic E-state index is 13.0. The highest BCUT2D eigenvalue weighted by Crippen LogP contribution is 2.31. The molecule has 0 aromatic carbocycles. The Morgan fingerprint density at radius 3 is 2.76 bits per heavy atom. The van der Waals surface area contributed by atoms with Crippen LogP contribution in [0.5, 0.6) is 0 Å². The maximum atomic E-state index is 13.0. The van der Waals surface area contributed by atoms with Gasteiger partial charge in [0.2, 0.25) is 0 Å². The maximum Gasteiger partial charge on any atom is 0.254 e. The van der Waals surface area contributed by atoms with Gasteiger partial charge in [-0.05, 0) is 39.2 Å². The first kappa shape index (κ1) is 17.9. The van der Waals surface area contributed by atoms with E-state index in [2.05, 4.69) is 23.9 Å². The van der Waals surface area contributed by atoms with Crippen LogP contribution in [-0.4, -0.2) is 49.9 Å². The van der Waals surface area contributed by atoms with Gasteiger partial charge in [-0.25, -0.2) is 9.67 Å². The number of carbonyl (C=O) groups is 1. The number of carbonyl (C=O) groups excluding carboxylic acids is 1. The molecule has 6 nitrogen and oxygen atoms in total. The molecule has 0 saturated heterocycles. The van der Waals surface area contributed by atoms with Gasteiger partial charge in [-0.3, -0.25) is 4.79 Å². The fourth-order valence-electron chi connectivity index (χ4n) is 3.73. The van der Waals surface area contributed by atoms with E-state index in [0.29, 0.717) is 12.1 Å². The summed E-state index contributed by atoms with van der Waals surface area (Å²) in [5.74, 6) is -0.0838. The van der Waals surface area contributed by atoms with Crippen LogP contribution in [0.25, 0.3) is 11.0 Å². The molecule has 0 aliphatic heterocycles. The zero-order chi connectivity index (χ0) is 18.2. The quantitative estimate of drug-likeness (QED) is 0.905. The zero-order valence-electron chi connectivity index (χ0n) is 15.6. The molecular formula is C19H28N4O2. The van der Waals surface area contributed by atoms with Crippen molar-refractivity contribution in [1.82, 2.24) is 19.7 Å². The third-order valence-corrected chi connectivity index (χ3v) is 5.35. The van der Waals surface area contributed by atoms with Gasteiger partial charge in [-0.1, -0.05) is 19.8 Å². The Balaban J connectivity index is 1.94. The summed E-state index contributed by atoms with van der Waals surface area (Å²) in [6, 6.07) is 2.05. The number of rotatable bonds is 5. The van der Waals surface area contributed by atoms with E-state index in [1.807, 2.05) is 17.7 Å². The van der Waals surface area contributed by atoms with Gasteiger partial charge < -0.3 is 10.0 Å². The Bertz CT molecular complexity index is 777. The minimum absolute atomic E-state index is 0.0838. The summed E-state index contributed by atoms with van der Waals surface area (Å²) in [5.41, 5.74) is 1.42. The highest BCUT2D eigenvalue weighted by Gasteiger charge is 2.34. The van der Waals surface area contributed by atoms with Crippen molar-refractivity contribution < 1.29 is 9.90 Å². The van der Waals surface area contributed by atoms with E-state index in [1.54, 1.807) is 18.1 Å². The normalized spacial score (nSPS) is 17.8. The van der Waals surface area contributed by atoms with Gasteiger partial charge in [0, 0.05) is 19.3 Å². The Hall–Kier alpha value is -1.95. The predicted octanol–water partition coefficient (Wildman–Crippen LogP) is 3.09. The van der Waals surface area contributed by atoms with Crippen molar-refractivity contribution in [3.05, 3.63) is 23.5 Å². The highest BCUT2D eigenvalue weighted by atomic mass is 16.3. The lowest BCUT2D eigenvalue weighted by Gasteiger charge is -2.28. The predicted molar refractivity (Wildman–Crippen MR) is 97.6 cm³/mol. The molecule has 136 valence electrons. The first-order valence-corrected chi connectivity index (χ1v) is 9.17. The summed E-state index contributed by atoms with van der Waals surface area (Å²) in [5, 5.41) is 15.9. The number of likely N-dealkylation sites (N-methyl/N-ethyl adjacent to an activating group) is 1. The summed E-state index contributed by atoms with van der Waals surface area (Å²) < 4.78 is 1.89. The van der Waals surface area contributed by atoms with Crippen LogP contribution in [0.3, 0.4) is 0 Å². The number of pyridine rings is 1. The van der Waals surface area contributed by atoms with Crippen LogP contribution in [0.4, 0.5) is 0 Å². The third-order valence-electron chi connectivity index (χ3n) is 5.35. The van der Waals surface area contributed by atoms with E-state index in [1.165, 1.54) is 0 Å². The van der Waals surface area contributed by atoms with E-state index in [0.717, 1.165) is 48.8 Å². The highest BCUT2D eigenvalue weighted by molar-refractivity contribution is 6.05. The molecule has 2 aromatic heterocycles. The van der Waals surface area contributed by atoms with Crippen LogP contribution in [0.1, 0.15) is 68.0 Å². The van der Waals surface area contributed by atoms with Gasteiger partial charge >= 0.3 is 0 Å². The van der Waals surface area contributed by atoms with Crippen LogP contribution in [0, 0.1) is 6.92 Å². The number of hydrogen-bond donors (Lipinski definition) is 1. The number of fused-ring (bicyclic) bond motifs is 1. The van der Waals surface area contributed by atoms with Crippen molar-refractivity contribution in [2.75, 3.05) is 13.6 Å². The monoisotopic (exact) mass is 344 g/mol. The SMILES string of the molecule is CCC(C)n1ncc2c(C(=O)N(C)CC3(O)CCCC3)cc(C)nc21. The van der Waals surface area contributed by atoms with Crippen LogP contribution >= 0.6 is 0 Å². The lowest BCUT2D eigenvalue weighted by molar-refractivity contribution is 0.0157. The second kappa shape index (κ2) is 6.75. The molecule has 2 aromatic rings. The Labute approximate surface area is 148 Å². The first-order chi connectivity index (χ1) is 11.8. The molecule has 1 aliphatic carbocycles. The van der Waals surface area contributed by atoms with Crippen LogP contribution in [0.2, 0.25) is 0 Å². The molecule has 6 heteroatoms. The van der Waals surface area contributed by atoms with Crippen LogP contribution in [-0.2, 0) is 0 Å². The van der Waals surface area contributed by atoms with Crippen molar-refractivity contribution in [3.63, 3.8) is 0 Å². The molecule has 1 fully saturated rings. The van der Waals surface area contributed by atoms with E-state index in [9.17, 15) is 9.90 Å². The molecule has 0 spiro atoms. The number of aryl methyl sites for hydroxylation is 1. The van der Waals surface area contributed by atoms with Gasteiger partial charge in [-0.2, -0.15) is 5.10 Å². The zero-order valence-corrected chi connectivity index (χ0v) is 15.6. The fourth-order valence-corrected chi connectivity index (χ4v) is 3.73. The van der Waals surface area contributed by atoms with Crippen molar-refractivity contribution in [2.45, 2.75) is 64.5 Å². The van der Waals surface area contributed by atoms with Crippen molar-refractivity contribution >= 4 is 16.9 Å². The number of nitrogens with zero attached hydrogens (tertiary/aromatic N) is 4. The van der Waals surface area contributed by atoms with Crippen molar-refractivity contribution in [2.24, 2.45) is 0 Å². The van der Waals surface area contributed by atoms with E-state index >= 15 is 0 Å². The van der Waals surface area contributed by atoms with Gasteiger partial charge in [0.05, 0.1) is 28.8 Å². The molecule has 1 aliphatic rings. The molecule has 1 N–H and O–H groups in total. The average molecular weight is 344 g/mol. The first-order valence-electron chi connectivity index (χ1n) is 9.17. The fraction of sp³-hybridized carbons (Fsp3) is 0.632. The number of amides is 1. The number of hydrogen-bond acceptors (Lipinski definition) is 4. The Morgan fingerprint density at radius 2 is 2.12 bits per heavy atom. The van der Waals surface area contributed by atoms with Crippen molar-refractivity contribution in [1.29, 1.82) is 0 Å². The smallest absolute Gasteiger partial charge is 0.254 e. The number of aromatic nitrogens is 3. The van der Waals surface area contributed by atoms with Crippen molar-refractivity contribution in [3.8, 4) is 0 Å². The molecule has 1 amide bonds. The molecule has 0 bridgehead atoms. The largest absolute Gasteiger partial charge is 0.388 e. The lowest BCUT2D eigenvalue weighted by Crippen LogP contribution is -2.42. The molecule has 0 radical (unpaired) electrons. The summed E-state index contributed by atoms with van der Waals surface area (Å²) in [4.78, 5) is 19.3. The van der Waals surface area contributed by atoms with Gasteiger partial charge in [0.25, 0.3) is 5.91 Å². The third kappa shape index (κ3) is 3.40. The summed E-state index contributed by atoms with van der Waals surface area (Å²) in [6.07, 6.45) is 6.27.